The van der Waals surface area contributed by atoms with Gasteiger partial charge < -0.3 is 0 Å². The Morgan fingerprint density at radius 2 is 1.83 bits per heavy atom. The fourth-order valence-corrected chi connectivity index (χ4v) is 2.06. The van der Waals surface area contributed by atoms with Crippen molar-refractivity contribution in [1.29, 1.82) is 0 Å². The van der Waals surface area contributed by atoms with Gasteiger partial charge in [-0.25, -0.2) is 0 Å². The van der Waals surface area contributed by atoms with Gasteiger partial charge in [-0.1, -0.05) is 59.6 Å². The molecule has 0 saturated heterocycles. The summed E-state index contributed by atoms with van der Waals surface area (Å²) in [6, 6.07) is 10.6. The molecule has 1 heteroatoms. The molecule has 0 spiro atoms. The molecule has 0 aromatic heterocycles. The molecule has 0 fully saturated rings. The molecular formula is C11H15Br. The number of benzene rings is 1. The molecule has 0 N–H and O–H groups in total. The van der Waals surface area contributed by atoms with Crippen molar-refractivity contribution in [3.63, 3.8) is 0 Å². The zero-order chi connectivity index (χ0) is 9.03. The summed E-state index contributed by atoms with van der Waals surface area (Å²) in [6.07, 6.45) is 2.38. The smallest absolute Gasteiger partial charge is 0.0477 e. The second kappa shape index (κ2) is 4.08. The van der Waals surface area contributed by atoms with Gasteiger partial charge in [0.1, 0.15) is 0 Å². The predicted molar refractivity (Wildman–Crippen MR) is 57.6 cm³/mol. The molecule has 0 aliphatic carbocycles. The molecular weight excluding hydrogens is 212 g/mol. The summed E-state index contributed by atoms with van der Waals surface area (Å²) >= 11 is 3.75. The summed E-state index contributed by atoms with van der Waals surface area (Å²) in [5.74, 6) is 0. The zero-order valence-electron chi connectivity index (χ0n) is 7.68. The van der Waals surface area contributed by atoms with Crippen LogP contribution in [0.2, 0.25) is 0 Å². The third kappa shape index (κ3) is 2.34. The van der Waals surface area contributed by atoms with Crippen LogP contribution in [-0.4, -0.2) is 0 Å². The Balaban J connectivity index is 2.82. The van der Waals surface area contributed by atoms with E-state index >= 15 is 0 Å². The molecule has 0 bridgehead atoms. The maximum Gasteiger partial charge on any atom is 0.0477 e. The van der Waals surface area contributed by atoms with E-state index in [2.05, 4.69) is 60.1 Å². The van der Waals surface area contributed by atoms with Crippen LogP contribution < -0.4 is 0 Å². The van der Waals surface area contributed by atoms with Gasteiger partial charge in [-0.3, -0.25) is 0 Å². The van der Waals surface area contributed by atoms with Gasteiger partial charge in [0.2, 0.25) is 0 Å². The van der Waals surface area contributed by atoms with E-state index < -0.39 is 0 Å². The van der Waals surface area contributed by atoms with Crippen LogP contribution in [0.15, 0.2) is 30.3 Å². The lowest BCUT2D eigenvalue weighted by atomic mass is 9.96. The van der Waals surface area contributed by atoms with Gasteiger partial charge in [-0.15, -0.1) is 0 Å². The monoisotopic (exact) mass is 226 g/mol. The number of hydrogen-bond acceptors (Lipinski definition) is 0. The topological polar surface area (TPSA) is 0 Å². The SMILES string of the molecule is CCCC(C)(Br)c1ccccc1. The average Bonchev–Trinajstić information content (AvgIpc) is 2.06. The van der Waals surface area contributed by atoms with E-state index in [1.807, 2.05) is 0 Å². The Morgan fingerprint density at radius 3 is 2.33 bits per heavy atom. The first-order valence-electron chi connectivity index (χ1n) is 4.41. The number of hydrogen-bond donors (Lipinski definition) is 0. The molecule has 0 amide bonds. The van der Waals surface area contributed by atoms with Crippen LogP contribution >= 0.6 is 15.9 Å². The molecule has 0 radical (unpaired) electrons. The fraction of sp³-hybridized carbons (Fsp3) is 0.455. The Hall–Kier alpha value is -0.300. The van der Waals surface area contributed by atoms with Gasteiger partial charge in [0, 0.05) is 4.32 Å². The zero-order valence-corrected chi connectivity index (χ0v) is 9.26. The van der Waals surface area contributed by atoms with Crippen molar-refractivity contribution in [2.45, 2.75) is 31.0 Å². The van der Waals surface area contributed by atoms with Gasteiger partial charge in [-0.05, 0) is 18.9 Å². The van der Waals surface area contributed by atoms with Crippen molar-refractivity contribution in [3.05, 3.63) is 35.9 Å². The molecule has 1 unspecified atom stereocenters. The van der Waals surface area contributed by atoms with E-state index in [-0.39, 0.29) is 4.32 Å². The van der Waals surface area contributed by atoms with Crippen LogP contribution in [0.5, 0.6) is 0 Å². The third-order valence-corrected chi connectivity index (χ3v) is 2.95. The Kier molecular flexibility index (Phi) is 3.33. The number of halogens is 1. The molecule has 1 aromatic carbocycles. The number of alkyl halides is 1. The standard InChI is InChI=1S/C11H15Br/c1-3-9-11(2,12)10-7-5-4-6-8-10/h4-8H,3,9H2,1-2H3. The van der Waals surface area contributed by atoms with E-state index in [1.165, 1.54) is 18.4 Å². The molecule has 0 saturated carbocycles. The van der Waals surface area contributed by atoms with Crippen LogP contribution in [0.4, 0.5) is 0 Å². The van der Waals surface area contributed by atoms with E-state index in [4.69, 9.17) is 0 Å². The molecule has 0 nitrogen and oxygen atoms in total. The molecule has 1 rings (SSSR count). The number of rotatable bonds is 3. The van der Waals surface area contributed by atoms with E-state index in [9.17, 15) is 0 Å². The highest BCUT2D eigenvalue weighted by atomic mass is 79.9. The molecule has 66 valence electrons. The molecule has 1 atom stereocenters. The minimum absolute atomic E-state index is 0.156. The van der Waals surface area contributed by atoms with Crippen LogP contribution in [0, 0.1) is 0 Å². The van der Waals surface area contributed by atoms with Crippen molar-refractivity contribution < 1.29 is 0 Å². The van der Waals surface area contributed by atoms with Crippen molar-refractivity contribution >= 4 is 15.9 Å². The summed E-state index contributed by atoms with van der Waals surface area (Å²) in [4.78, 5) is 0. The lowest BCUT2D eigenvalue weighted by Gasteiger charge is -2.22. The Morgan fingerprint density at radius 1 is 1.25 bits per heavy atom. The fourth-order valence-electron chi connectivity index (χ4n) is 1.40. The van der Waals surface area contributed by atoms with Gasteiger partial charge in [-0.2, -0.15) is 0 Å². The van der Waals surface area contributed by atoms with Crippen LogP contribution in [0.1, 0.15) is 32.3 Å². The van der Waals surface area contributed by atoms with Crippen molar-refractivity contribution in [1.82, 2.24) is 0 Å². The molecule has 0 aliphatic rings. The molecule has 0 aliphatic heterocycles. The normalized spacial score (nSPS) is 15.6. The van der Waals surface area contributed by atoms with E-state index in [1.54, 1.807) is 0 Å². The Labute approximate surface area is 83.1 Å². The molecule has 1 aromatic rings. The largest absolute Gasteiger partial charge is 0.0804 e. The van der Waals surface area contributed by atoms with Crippen LogP contribution in [0.3, 0.4) is 0 Å². The lowest BCUT2D eigenvalue weighted by molar-refractivity contribution is 0.622. The van der Waals surface area contributed by atoms with Crippen molar-refractivity contribution in [2.24, 2.45) is 0 Å². The second-order valence-electron chi connectivity index (χ2n) is 3.31. The highest BCUT2D eigenvalue weighted by Crippen LogP contribution is 2.34. The summed E-state index contributed by atoms with van der Waals surface area (Å²) in [5, 5.41) is 0. The van der Waals surface area contributed by atoms with Crippen LogP contribution in [0.25, 0.3) is 0 Å². The van der Waals surface area contributed by atoms with Gasteiger partial charge >= 0.3 is 0 Å². The van der Waals surface area contributed by atoms with Crippen molar-refractivity contribution in [2.75, 3.05) is 0 Å². The van der Waals surface area contributed by atoms with Gasteiger partial charge in [0.15, 0.2) is 0 Å². The highest BCUT2D eigenvalue weighted by Gasteiger charge is 2.20. The second-order valence-corrected chi connectivity index (χ2v) is 5.06. The summed E-state index contributed by atoms with van der Waals surface area (Å²) in [5.41, 5.74) is 1.37. The first-order chi connectivity index (χ1) is 5.67. The van der Waals surface area contributed by atoms with Gasteiger partial charge in [0.25, 0.3) is 0 Å². The van der Waals surface area contributed by atoms with Crippen LogP contribution in [-0.2, 0) is 4.32 Å². The Bertz CT molecular complexity index is 226. The molecule has 0 heterocycles. The summed E-state index contributed by atoms with van der Waals surface area (Å²) in [6.45, 7) is 4.44. The first-order valence-corrected chi connectivity index (χ1v) is 5.20. The predicted octanol–water partition coefficient (Wildman–Crippen LogP) is 4.10. The maximum absolute atomic E-state index is 3.75. The minimum atomic E-state index is 0.156. The summed E-state index contributed by atoms with van der Waals surface area (Å²) < 4.78 is 0.156. The summed E-state index contributed by atoms with van der Waals surface area (Å²) in [7, 11) is 0. The van der Waals surface area contributed by atoms with E-state index in [0.29, 0.717) is 0 Å². The minimum Gasteiger partial charge on any atom is -0.0804 e. The first kappa shape index (κ1) is 9.79. The average molecular weight is 227 g/mol. The quantitative estimate of drug-likeness (QED) is 0.682. The third-order valence-electron chi connectivity index (χ3n) is 2.10. The van der Waals surface area contributed by atoms with Crippen molar-refractivity contribution in [3.8, 4) is 0 Å². The lowest BCUT2D eigenvalue weighted by Crippen LogP contribution is -2.11. The van der Waals surface area contributed by atoms with Gasteiger partial charge in [0.05, 0.1) is 0 Å². The van der Waals surface area contributed by atoms with E-state index in [0.717, 1.165) is 0 Å². The maximum atomic E-state index is 3.75. The molecule has 12 heavy (non-hydrogen) atoms. The highest BCUT2D eigenvalue weighted by molar-refractivity contribution is 9.09.